The lowest BCUT2D eigenvalue weighted by Gasteiger charge is -2.35. The molecule has 1 heterocycles. The first kappa shape index (κ1) is 18.9. The van der Waals surface area contributed by atoms with Crippen LogP contribution < -0.4 is 5.32 Å². The lowest BCUT2D eigenvalue weighted by molar-refractivity contribution is -0.124. The van der Waals surface area contributed by atoms with Crippen LogP contribution in [0.1, 0.15) is 42.3 Å². The molecule has 2 aromatic rings. The van der Waals surface area contributed by atoms with Crippen LogP contribution in [0.15, 0.2) is 30.3 Å². The van der Waals surface area contributed by atoms with Gasteiger partial charge in [-0.05, 0) is 61.6 Å². The van der Waals surface area contributed by atoms with Crippen molar-refractivity contribution < 1.29 is 9.59 Å². The number of carbonyl (C=O) groups is 2. The normalized spacial score (nSPS) is 17.2. The fourth-order valence-corrected chi connectivity index (χ4v) is 4.37. The second-order valence-corrected chi connectivity index (χ2v) is 8.98. The van der Waals surface area contributed by atoms with Crippen LogP contribution in [0, 0.1) is 0 Å². The molecule has 2 aromatic carbocycles. The molecule has 5 heteroatoms. The highest BCUT2D eigenvalue weighted by Gasteiger charge is 2.26. The Morgan fingerprint density at radius 3 is 2.32 bits per heavy atom. The van der Waals surface area contributed by atoms with Crippen LogP contribution in [0.3, 0.4) is 0 Å². The smallest absolute Gasteiger partial charge is 0.254 e. The molecule has 0 bridgehead atoms. The van der Waals surface area contributed by atoms with Crippen LogP contribution >= 0.6 is 0 Å². The Balaban J connectivity index is 1.43. The van der Waals surface area contributed by atoms with Crippen molar-refractivity contribution in [3.63, 3.8) is 0 Å². The number of carbonyl (C=O) groups excluding carboxylic acids is 2. The van der Waals surface area contributed by atoms with Crippen LogP contribution in [-0.2, 0) is 17.6 Å². The van der Waals surface area contributed by atoms with E-state index >= 15 is 0 Å². The summed E-state index contributed by atoms with van der Waals surface area (Å²) in [7, 11) is 0. The summed E-state index contributed by atoms with van der Waals surface area (Å²) in [6.45, 7) is 9.11. The van der Waals surface area contributed by atoms with Gasteiger partial charge in [0.15, 0.2) is 0 Å². The van der Waals surface area contributed by atoms with E-state index < -0.39 is 0 Å². The third-order valence-corrected chi connectivity index (χ3v) is 5.65. The van der Waals surface area contributed by atoms with Crippen molar-refractivity contribution in [3.8, 4) is 0 Å². The molecule has 28 heavy (non-hydrogen) atoms. The van der Waals surface area contributed by atoms with Gasteiger partial charge in [-0.25, -0.2) is 0 Å². The summed E-state index contributed by atoms with van der Waals surface area (Å²) in [6, 6.07) is 10.4. The van der Waals surface area contributed by atoms with Crippen molar-refractivity contribution in [2.45, 2.75) is 39.2 Å². The molecule has 1 saturated heterocycles. The van der Waals surface area contributed by atoms with Crippen molar-refractivity contribution in [1.82, 2.24) is 15.1 Å². The topological polar surface area (TPSA) is 52.7 Å². The van der Waals surface area contributed by atoms with Gasteiger partial charge >= 0.3 is 0 Å². The molecule has 0 atom stereocenters. The molecule has 0 unspecified atom stereocenters. The standard InChI is InChI=1S/C23H29N3O2/c1-23(2,3)24-20(27)15-25-11-13-26(14-12-25)22(28)19-10-9-17-8-7-16-5-4-6-18(19)21(16)17/h4-6,9-10H,7-8,11-15H2,1-3H3,(H,24,27). The van der Waals surface area contributed by atoms with Crippen molar-refractivity contribution in [3.05, 3.63) is 47.0 Å². The van der Waals surface area contributed by atoms with Gasteiger partial charge in [0.05, 0.1) is 6.54 Å². The molecule has 4 rings (SSSR count). The monoisotopic (exact) mass is 379 g/mol. The SMILES string of the molecule is CC(C)(C)NC(=O)CN1CCN(C(=O)c2ccc3c4c(cccc24)CC3)CC1. The zero-order valence-corrected chi connectivity index (χ0v) is 17.0. The zero-order chi connectivity index (χ0) is 19.9. The van der Waals surface area contributed by atoms with Gasteiger partial charge in [0.2, 0.25) is 5.91 Å². The Morgan fingerprint density at radius 2 is 1.64 bits per heavy atom. The Bertz CT molecular complexity index is 911. The molecular weight excluding hydrogens is 350 g/mol. The van der Waals surface area contributed by atoms with E-state index in [0.29, 0.717) is 19.6 Å². The molecular formula is C23H29N3O2. The van der Waals surface area contributed by atoms with Gasteiger partial charge in [-0.2, -0.15) is 0 Å². The highest BCUT2D eigenvalue weighted by molar-refractivity contribution is 6.09. The number of nitrogens with one attached hydrogen (secondary N) is 1. The highest BCUT2D eigenvalue weighted by Crippen LogP contribution is 2.33. The van der Waals surface area contributed by atoms with Gasteiger partial charge in [-0.15, -0.1) is 0 Å². The molecule has 148 valence electrons. The Hall–Kier alpha value is -2.40. The summed E-state index contributed by atoms with van der Waals surface area (Å²) in [5.41, 5.74) is 3.31. The number of hydrogen-bond acceptors (Lipinski definition) is 3. The Morgan fingerprint density at radius 1 is 0.964 bits per heavy atom. The maximum Gasteiger partial charge on any atom is 0.254 e. The van der Waals surface area contributed by atoms with Crippen molar-refractivity contribution in [2.75, 3.05) is 32.7 Å². The molecule has 1 aliphatic heterocycles. The lowest BCUT2D eigenvalue weighted by atomic mass is 9.99. The van der Waals surface area contributed by atoms with Crippen molar-refractivity contribution in [2.24, 2.45) is 0 Å². The maximum absolute atomic E-state index is 13.2. The first-order valence-electron chi connectivity index (χ1n) is 10.2. The highest BCUT2D eigenvalue weighted by atomic mass is 16.2. The predicted molar refractivity (Wildman–Crippen MR) is 112 cm³/mol. The molecule has 0 radical (unpaired) electrons. The number of nitrogens with zero attached hydrogens (tertiary/aromatic N) is 2. The van der Waals surface area contributed by atoms with Crippen molar-refractivity contribution in [1.29, 1.82) is 0 Å². The molecule has 1 aliphatic carbocycles. The van der Waals surface area contributed by atoms with Gasteiger partial charge in [0, 0.05) is 37.3 Å². The summed E-state index contributed by atoms with van der Waals surface area (Å²) < 4.78 is 0. The van der Waals surface area contributed by atoms with E-state index in [-0.39, 0.29) is 17.4 Å². The first-order valence-corrected chi connectivity index (χ1v) is 10.2. The Kier molecular flexibility index (Phi) is 4.88. The minimum absolute atomic E-state index is 0.0415. The van der Waals surface area contributed by atoms with E-state index in [0.717, 1.165) is 36.9 Å². The van der Waals surface area contributed by atoms with Crippen LogP contribution in [0.4, 0.5) is 0 Å². The van der Waals surface area contributed by atoms with Crippen molar-refractivity contribution >= 4 is 22.6 Å². The maximum atomic E-state index is 13.2. The molecule has 0 aromatic heterocycles. The quantitative estimate of drug-likeness (QED) is 0.892. The van der Waals surface area contributed by atoms with Gasteiger partial charge in [0.1, 0.15) is 0 Å². The number of hydrogen-bond donors (Lipinski definition) is 1. The summed E-state index contributed by atoms with van der Waals surface area (Å²) in [6.07, 6.45) is 2.14. The average Bonchev–Trinajstić information content (AvgIpc) is 3.06. The van der Waals surface area contributed by atoms with Crippen LogP contribution in [0.25, 0.3) is 10.8 Å². The molecule has 0 saturated carbocycles. The molecule has 2 aliphatic rings. The van der Waals surface area contributed by atoms with Crippen LogP contribution in [0.5, 0.6) is 0 Å². The van der Waals surface area contributed by atoms with Crippen LogP contribution in [0.2, 0.25) is 0 Å². The van der Waals surface area contributed by atoms with E-state index in [9.17, 15) is 9.59 Å². The molecule has 1 N–H and O–H groups in total. The van der Waals surface area contributed by atoms with Gasteiger partial charge in [0.25, 0.3) is 5.91 Å². The van der Waals surface area contributed by atoms with Gasteiger partial charge in [-0.3, -0.25) is 14.5 Å². The fraction of sp³-hybridized carbons (Fsp3) is 0.478. The Labute approximate surface area is 166 Å². The summed E-state index contributed by atoms with van der Waals surface area (Å²) in [4.78, 5) is 29.4. The summed E-state index contributed by atoms with van der Waals surface area (Å²) in [5.74, 6) is 0.147. The van der Waals surface area contributed by atoms with E-state index in [2.05, 4.69) is 34.5 Å². The first-order chi connectivity index (χ1) is 13.3. The minimum atomic E-state index is -0.218. The largest absolute Gasteiger partial charge is 0.350 e. The summed E-state index contributed by atoms with van der Waals surface area (Å²) >= 11 is 0. The molecule has 2 amide bonds. The average molecular weight is 380 g/mol. The third-order valence-electron chi connectivity index (χ3n) is 5.65. The fourth-order valence-electron chi connectivity index (χ4n) is 4.37. The zero-order valence-electron chi connectivity index (χ0n) is 17.0. The second-order valence-electron chi connectivity index (χ2n) is 8.98. The molecule has 1 fully saturated rings. The van der Waals surface area contributed by atoms with E-state index in [1.807, 2.05) is 31.7 Å². The lowest BCUT2D eigenvalue weighted by Crippen LogP contribution is -2.52. The minimum Gasteiger partial charge on any atom is -0.350 e. The number of benzene rings is 2. The number of amides is 2. The second kappa shape index (κ2) is 7.21. The number of rotatable bonds is 3. The third kappa shape index (κ3) is 3.76. The van der Waals surface area contributed by atoms with Crippen LogP contribution in [-0.4, -0.2) is 59.9 Å². The van der Waals surface area contributed by atoms with Gasteiger partial charge in [-0.1, -0.05) is 24.3 Å². The number of piperazine rings is 1. The number of aryl methyl sites for hydroxylation is 2. The predicted octanol–water partition coefficient (Wildman–Crippen LogP) is 2.61. The molecule has 0 spiro atoms. The van der Waals surface area contributed by atoms with Gasteiger partial charge < -0.3 is 10.2 Å². The summed E-state index contributed by atoms with van der Waals surface area (Å²) in [5, 5.41) is 5.37. The van der Waals surface area contributed by atoms with E-state index in [1.165, 1.54) is 16.5 Å². The van der Waals surface area contributed by atoms with E-state index in [4.69, 9.17) is 0 Å². The molecule has 5 nitrogen and oxygen atoms in total. The van der Waals surface area contributed by atoms with E-state index in [1.54, 1.807) is 0 Å².